The number of ether oxygens (including phenoxy) is 1. The van der Waals surface area contributed by atoms with E-state index >= 15 is 0 Å². The normalized spacial score (nSPS) is 32.1. The van der Waals surface area contributed by atoms with E-state index in [-0.39, 0.29) is 45.2 Å². The summed E-state index contributed by atoms with van der Waals surface area (Å²) >= 11 is 0. The summed E-state index contributed by atoms with van der Waals surface area (Å²) in [7, 11) is -2.61. The highest BCUT2D eigenvalue weighted by Gasteiger charge is 2.60. The van der Waals surface area contributed by atoms with Gasteiger partial charge in [-0.05, 0) is 132 Å². The van der Waals surface area contributed by atoms with E-state index in [1.54, 1.807) is 5.57 Å². The molecule has 0 spiro atoms. The number of allylic oxidation sites excluding steroid dienone is 1. The van der Waals surface area contributed by atoms with Crippen LogP contribution in [0.4, 0.5) is 0 Å². The largest absolute Gasteiger partial charge is 0.466 e. The first-order valence-corrected chi connectivity index (χ1v) is 23.2. The summed E-state index contributed by atoms with van der Waals surface area (Å²) in [6, 6.07) is 22.3. The van der Waals surface area contributed by atoms with Gasteiger partial charge in [0.05, 0.1) is 18.6 Å². The van der Waals surface area contributed by atoms with E-state index in [1.807, 2.05) is 6.92 Å². The van der Waals surface area contributed by atoms with Crippen molar-refractivity contribution in [3.05, 3.63) is 72.3 Å². The molecule has 4 nitrogen and oxygen atoms in total. The molecule has 5 heteroatoms. The summed E-state index contributed by atoms with van der Waals surface area (Å²) in [5.74, 6) is 2.36. The zero-order valence-electron chi connectivity index (χ0n) is 34.9. The number of hydrogen-bond donors (Lipinski definition) is 1. The molecule has 0 amide bonds. The van der Waals surface area contributed by atoms with Gasteiger partial charge in [-0.25, -0.2) is 0 Å². The number of aliphatic hydroxyl groups excluding tert-OH is 1. The topological polar surface area (TPSA) is 55.8 Å². The Morgan fingerprint density at radius 2 is 1.51 bits per heavy atom. The molecule has 3 saturated carbocycles. The summed E-state index contributed by atoms with van der Waals surface area (Å²) < 4.78 is 13.2. The Kier molecular flexibility index (Phi) is 11.7. The number of rotatable bonds is 11. The standard InChI is InChI=1S/C48H72O4Si/c1-11-51-44(50)34(32-45(3,4)5)30-43(49)33(2)40-24-25-41-39-23-22-35-31-36(26-28-47(35,9)42(39)27-29-48(40,41)10)52-53(46(6,7)8,37-18-14-12-15-19-37)38-20-16-13-17-21-38/h12-22,33-34,36,39-43,49H,11,23-32H2,1-10H3/t33-,34-,36-,39-,40+,41-,42-,43+,47-,48+/m0/s1. The highest BCUT2D eigenvalue weighted by molar-refractivity contribution is 6.99. The van der Waals surface area contributed by atoms with Crippen molar-refractivity contribution in [1.82, 2.24) is 0 Å². The van der Waals surface area contributed by atoms with Gasteiger partial charge in [-0.3, -0.25) is 4.79 Å². The van der Waals surface area contributed by atoms with Gasteiger partial charge < -0.3 is 14.3 Å². The van der Waals surface area contributed by atoms with Gasteiger partial charge in [0.2, 0.25) is 0 Å². The number of aliphatic hydroxyl groups is 1. The van der Waals surface area contributed by atoms with Gasteiger partial charge in [0.1, 0.15) is 0 Å². The van der Waals surface area contributed by atoms with Gasteiger partial charge in [0.15, 0.2) is 0 Å². The zero-order chi connectivity index (χ0) is 38.4. The maximum absolute atomic E-state index is 13.0. The third-order valence-corrected chi connectivity index (χ3v) is 20.2. The predicted octanol–water partition coefficient (Wildman–Crippen LogP) is 10.5. The molecule has 6 rings (SSSR count). The van der Waals surface area contributed by atoms with Crippen LogP contribution in [0, 0.1) is 51.8 Å². The fourth-order valence-electron chi connectivity index (χ4n) is 12.6. The molecule has 2 aromatic rings. The maximum Gasteiger partial charge on any atom is 0.309 e. The lowest BCUT2D eigenvalue weighted by Gasteiger charge is -2.59. The Balaban J connectivity index is 1.20. The fraction of sp³-hybridized carbons (Fsp3) is 0.688. The molecule has 0 bridgehead atoms. The number of carbonyl (C=O) groups is 1. The van der Waals surface area contributed by atoms with E-state index in [1.165, 1.54) is 48.9 Å². The first-order chi connectivity index (χ1) is 24.9. The third kappa shape index (κ3) is 7.67. The molecule has 53 heavy (non-hydrogen) atoms. The molecule has 0 unspecified atom stereocenters. The molecule has 0 saturated heterocycles. The first kappa shape index (κ1) is 40.4. The molecular weight excluding hydrogens is 669 g/mol. The van der Waals surface area contributed by atoms with Crippen LogP contribution in [0.25, 0.3) is 0 Å². The van der Waals surface area contributed by atoms with Crippen molar-refractivity contribution < 1.29 is 19.1 Å². The quantitative estimate of drug-likeness (QED) is 0.142. The van der Waals surface area contributed by atoms with Crippen LogP contribution < -0.4 is 10.4 Å². The van der Waals surface area contributed by atoms with E-state index < -0.39 is 14.4 Å². The molecule has 3 fully saturated rings. The van der Waals surface area contributed by atoms with E-state index in [2.05, 4.69) is 129 Å². The molecule has 0 aromatic heterocycles. The van der Waals surface area contributed by atoms with Crippen molar-refractivity contribution in [2.75, 3.05) is 6.61 Å². The van der Waals surface area contributed by atoms with Crippen LogP contribution in [0.15, 0.2) is 72.3 Å². The van der Waals surface area contributed by atoms with Gasteiger partial charge in [-0.1, -0.05) is 135 Å². The molecule has 292 valence electrons. The fourth-order valence-corrected chi connectivity index (χ4v) is 17.3. The van der Waals surface area contributed by atoms with Crippen molar-refractivity contribution in [2.45, 2.75) is 151 Å². The molecule has 1 N–H and O–H groups in total. The summed E-state index contributed by atoms with van der Waals surface area (Å²) in [6.45, 7) is 23.5. The number of hydrogen-bond acceptors (Lipinski definition) is 4. The Bertz CT molecular complexity index is 1530. The van der Waals surface area contributed by atoms with Gasteiger partial charge in [-0.2, -0.15) is 0 Å². The Labute approximate surface area is 324 Å². The van der Waals surface area contributed by atoms with Crippen LogP contribution in [0.5, 0.6) is 0 Å². The van der Waals surface area contributed by atoms with Crippen LogP contribution in [-0.4, -0.2) is 38.2 Å². The monoisotopic (exact) mass is 741 g/mol. The first-order valence-electron chi connectivity index (χ1n) is 21.3. The SMILES string of the molecule is CCOC(=O)[C@@H](C[C@@H](O)[C@@H](C)[C@H]1CC[C@H]2[C@@H]3CC=C4C[C@@H](O[Si](c5ccccc5)(c5ccccc5)C(C)(C)C)CC[C@]4(C)[C@H]3CC[C@]12C)CC(C)(C)C. The minimum Gasteiger partial charge on any atom is -0.466 e. The molecular formula is C48H72O4Si. The summed E-state index contributed by atoms with van der Waals surface area (Å²) in [6.07, 6.45) is 13.2. The highest BCUT2D eigenvalue weighted by Crippen LogP contribution is 2.67. The average Bonchev–Trinajstić information content (AvgIpc) is 3.47. The predicted molar refractivity (Wildman–Crippen MR) is 222 cm³/mol. The van der Waals surface area contributed by atoms with Crippen molar-refractivity contribution in [3.63, 3.8) is 0 Å². The second-order valence-corrected chi connectivity index (χ2v) is 24.8. The third-order valence-electron chi connectivity index (χ3n) is 15.1. The number of benzene rings is 2. The Morgan fingerprint density at radius 1 is 0.887 bits per heavy atom. The summed E-state index contributed by atoms with van der Waals surface area (Å²) in [5.41, 5.74) is 2.13. The van der Waals surface area contributed by atoms with Crippen LogP contribution in [-0.2, 0) is 14.0 Å². The molecule has 0 heterocycles. The van der Waals surface area contributed by atoms with Crippen molar-refractivity contribution in [2.24, 2.45) is 51.8 Å². The van der Waals surface area contributed by atoms with Crippen molar-refractivity contribution in [1.29, 1.82) is 0 Å². The molecule has 4 aliphatic rings. The maximum atomic E-state index is 13.0. The Morgan fingerprint density at radius 3 is 2.08 bits per heavy atom. The molecule has 0 aliphatic heterocycles. The molecule has 4 aliphatic carbocycles. The van der Waals surface area contributed by atoms with Crippen LogP contribution >= 0.6 is 0 Å². The molecule has 0 radical (unpaired) electrons. The summed E-state index contributed by atoms with van der Waals surface area (Å²) in [4.78, 5) is 13.0. The minimum absolute atomic E-state index is 0.000627. The second kappa shape index (κ2) is 15.4. The van der Waals surface area contributed by atoms with E-state index in [0.29, 0.717) is 36.7 Å². The average molecular weight is 741 g/mol. The van der Waals surface area contributed by atoms with Crippen molar-refractivity contribution in [3.8, 4) is 0 Å². The van der Waals surface area contributed by atoms with Gasteiger partial charge in [0, 0.05) is 6.10 Å². The molecule has 10 atom stereocenters. The van der Waals surface area contributed by atoms with Crippen LogP contribution in [0.1, 0.15) is 133 Å². The van der Waals surface area contributed by atoms with Crippen LogP contribution in [0.2, 0.25) is 5.04 Å². The lowest BCUT2D eigenvalue weighted by atomic mass is 9.47. The van der Waals surface area contributed by atoms with E-state index in [4.69, 9.17) is 9.16 Å². The lowest BCUT2D eigenvalue weighted by Crippen LogP contribution is -2.68. The number of carbonyl (C=O) groups excluding carboxylic acids is 1. The highest BCUT2D eigenvalue weighted by atomic mass is 28.4. The van der Waals surface area contributed by atoms with Gasteiger partial charge >= 0.3 is 5.97 Å². The number of esters is 1. The van der Waals surface area contributed by atoms with Crippen LogP contribution in [0.3, 0.4) is 0 Å². The molecule has 2 aromatic carbocycles. The smallest absolute Gasteiger partial charge is 0.309 e. The zero-order valence-corrected chi connectivity index (χ0v) is 35.9. The summed E-state index contributed by atoms with van der Waals surface area (Å²) in [5, 5.41) is 14.5. The van der Waals surface area contributed by atoms with Crippen molar-refractivity contribution >= 4 is 24.7 Å². The lowest BCUT2D eigenvalue weighted by molar-refractivity contribution is -0.151. The minimum atomic E-state index is -2.61. The van der Waals surface area contributed by atoms with Gasteiger partial charge in [-0.15, -0.1) is 0 Å². The van der Waals surface area contributed by atoms with E-state index in [0.717, 1.165) is 19.3 Å². The second-order valence-electron chi connectivity index (χ2n) is 20.5. The number of fused-ring (bicyclic) bond motifs is 5. The Hall–Kier alpha value is -2.21. The van der Waals surface area contributed by atoms with E-state index in [9.17, 15) is 9.90 Å². The van der Waals surface area contributed by atoms with Gasteiger partial charge in [0.25, 0.3) is 8.32 Å².